The monoisotopic (exact) mass is 334 g/mol. The largest absolute Gasteiger partial charge is 0.377 e. The van der Waals surface area contributed by atoms with Gasteiger partial charge in [0.1, 0.15) is 11.5 Å². The summed E-state index contributed by atoms with van der Waals surface area (Å²) in [5.74, 6) is 1.57. The number of nitrogens with zero attached hydrogens (tertiary/aromatic N) is 1. The van der Waals surface area contributed by atoms with Gasteiger partial charge in [-0.1, -0.05) is 0 Å². The summed E-state index contributed by atoms with van der Waals surface area (Å²) >= 11 is 4.83. The van der Waals surface area contributed by atoms with Gasteiger partial charge >= 0.3 is 0 Å². The quantitative estimate of drug-likeness (QED) is 0.674. The first-order valence-corrected chi connectivity index (χ1v) is 7.50. The Morgan fingerprint density at radius 1 is 1.44 bits per heavy atom. The van der Waals surface area contributed by atoms with Gasteiger partial charge in [-0.25, -0.2) is 4.39 Å². The number of hydrogen-bond donors (Lipinski definition) is 1. The Morgan fingerprint density at radius 2 is 2.11 bits per heavy atom. The third-order valence-corrected chi connectivity index (χ3v) is 4.47. The second-order valence-corrected chi connectivity index (χ2v) is 6.15. The number of halogens is 2. The molecule has 1 fully saturated rings. The van der Waals surface area contributed by atoms with Gasteiger partial charge in [0, 0.05) is 18.2 Å². The highest BCUT2D eigenvalue weighted by atomic mass is 79.9. The lowest BCUT2D eigenvalue weighted by atomic mass is 10.1. The molecule has 0 radical (unpaired) electrons. The number of nitro benzene ring substituents is 1. The molecule has 0 spiro atoms. The van der Waals surface area contributed by atoms with Crippen molar-refractivity contribution in [1.82, 2.24) is 0 Å². The average molecular weight is 335 g/mol. The molecule has 1 aliphatic rings. The normalized spacial score (nSPS) is 16.6. The van der Waals surface area contributed by atoms with Crippen LogP contribution < -0.4 is 5.32 Å². The van der Waals surface area contributed by atoms with Crippen molar-refractivity contribution in [3.05, 3.63) is 32.5 Å². The van der Waals surface area contributed by atoms with Gasteiger partial charge in [-0.15, -0.1) is 0 Å². The highest BCUT2D eigenvalue weighted by molar-refractivity contribution is 9.10. The van der Waals surface area contributed by atoms with E-state index in [1.165, 1.54) is 12.1 Å². The van der Waals surface area contributed by atoms with Crippen molar-refractivity contribution in [2.45, 2.75) is 18.9 Å². The van der Waals surface area contributed by atoms with E-state index in [9.17, 15) is 14.5 Å². The fourth-order valence-corrected chi connectivity index (χ4v) is 3.30. The van der Waals surface area contributed by atoms with Crippen LogP contribution in [-0.2, 0) is 0 Å². The van der Waals surface area contributed by atoms with E-state index in [-0.39, 0.29) is 21.9 Å². The van der Waals surface area contributed by atoms with Crippen LogP contribution in [0.4, 0.5) is 15.8 Å². The lowest BCUT2D eigenvalue weighted by molar-refractivity contribution is -0.384. The van der Waals surface area contributed by atoms with Crippen LogP contribution in [0.25, 0.3) is 0 Å². The number of nitrogens with one attached hydrogen (secondary N) is 1. The second-order valence-electron chi connectivity index (χ2n) is 4.07. The summed E-state index contributed by atoms with van der Waals surface area (Å²) < 4.78 is 13.6. The van der Waals surface area contributed by atoms with E-state index in [4.69, 9.17) is 0 Å². The van der Waals surface area contributed by atoms with E-state index in [2.05, 4.69) is 21.2 Å². The lowest BCUT2D eigenvalue weighted by Crippen LogP contribution is -2.25. The molecular weight excluding hydrogens is 323 g/mol. The molecule has 1 heterocycles. The maximum absolute atomic E-state index is 13.5. The first-order chi connectivity index (χ1) is 8.58. The Labute approximate surface area is 117 Å². The number of anilines is 1. The van der Waals surface area contributed by atoms with E-state index in [0.717, 1.165) is 24.3 Å². The van der Waals surface area contributed by atoms with Gasteiger partial charge in [0.25, 0.3) is 5.69 Å². The van der Waals surface area contributed by atoms with Crippen molar-refractivity contribution in [3.63, 3.8) is 0 Å². The van der Waals surface area contributed by atoms with E-state index in [1.807, 2.05) is 11.8 Å². The molecule has 1 aliphatic heterocycles. The van der Waals surface area contributed by atoms with Gasteiger partial charge in [-0.3, -0.25) is 10.1 Å². The van der Waals surface area contributed by atoms with Gasteiger partial charge in [0.05, 0.1) is 9.40 Å². The summed E-state index contributed by atoms with van der Waals surface area (Å²) in [7, 11) is 0. The van der Waals surface area contributed by atoms with Gasteiger partial charge in [0.2, 0.25) is 0 Å². The molecule has 0 aliphatic carbocycles. The maximum Gasteiger partial charge on any atom is 0.293 e. The Morgan fingerprint density at radius 3 is 2.72 bits per heavy atom. The van der Waals surface area contributed by atoms with E-state index < -0.39 is 10.7 Å². The number of nitro groups is 1. The maximum atomic E-state index is 13.5. The van der Waals surface area contributed by atoms with Gasteiger partial charge in [0.15, 0.2) is 0 Å². The zero-order chi connectivity index (χ0) is 13.1. The summed E-state index contributed by atoms with van der Waals surface area (Å²) in [6.07, 6.45) is 1.89. The number of hydrogen-bond acceptors (Lipinski definition) is 4. The average Bonchev–Trinajstić information content (AvgIpc) is 2.34. The van der Waals surface area contributed by atoms with E-state index in [1.54, 1.807) is 0 Å². The lowest BCUT2D eigenvalue weighted by Gasteiger charge is -2.23. The number of thioether (sulfide) groups is 1. The third kappa shape index (κ3) is 3.14. The molecule has 2 rings (SSSR count). The van der Waals surface area contributed by atoms with Crippen LogP contribution in [0.1, 0.15) is 12.8 Å². The van der Waals surface area contributed by atoms with Crippen molar-refractivity contribution in [1.29, 1.82) is 0 Å². The first kappa shape index (κ1) is 13.6. The van der Waals surface area contributed by atoms with E-state index in [0.29, 0.717) is 0 Å². The fourth-order valence-electron chi connectivity index (χ4n) is 1.86. The molecule has 1 aromatic carbocycles. The van der Waals surface area contributed by atoms with Gasteiger partial charge in [-0.2, -0.15) is 11.8 Å². The molecule has 0 unspecified atom stereocenters. The molecule has 0 saturated carbocycles. The minimum absolute atomic E-state index is 0.0958. The molecule has 0 amide bonds. The molecule has 18 heavy (non-hydrogen) atoms. The molecule has 1 saturated heterocycles. The highest BCUT2D eigenvalue weighted by Gasteiger charge is 2.21. The Kier molecular flexibility index (Phi) is 4.45. The van der Waals surface area contributed by atoms with Crippen molar-refractivity contribution in [2.75, 3.05) is 16.8 Å². The predicted molar refractivity (Wildman–Crippen MR) is 74.7 cm³/mol. The van der Waals surface area contributed by atoms with Crippen LogP contribution in [0, 0.1) is 15.9 Å². The summed E-state index contributed by atoms with van der Waals surface area (Å²) in [4.78, 5) is 10.4. The Hall–Kier alpha value is -0.820. The standard InChI is InChI=1S/C11H12BrFN2O2S/c12-8-5-11(15(16)17)10(6-9(8)13)14-7-1-3-18-4-2-7/h5-7,14H,1-4H2. The molecular formula is C11H12BrFN2O2S. The molecule has 7 heteroatoms. The van der Waals surface area contributed by atoms with Crippen molar-refractivity contribution < 1.29 is 9.31 Å². The minimum atomic E-state index is -0.496. The Balaban J connectivity index is 2.24. The fraction of sp³-hybridized carbons (Fsp3) is 0.455. The van der Waals surface area contributed by atoms with Crippen molar-refractivity contribution in [2.24, 2.45) is 0 Å². The van der Waals surface area contributed by atoms with Crippen LogP contribution in [0.5, 0.6) is 0 Å². The summed E-state index contributed by atoms with van der Waals surface area (Å²) in [5, 5.41) is 14.0. The van der Waals surface area contributed by atoms with Crippen LogP contribution in [-0.4, -0.2) is 22.5 Å². The SMILES string of the molecule is O=[N+]([O-])c1cc(Br)c(F)cc1NC1CCSCC1. The molecule has 0 aromatic heterocycles. The van der Waals surface area contributed by atoms with Gasteiger partial charge in [-0.05, 0) is 40.3 Å². The van der Waals surface area contributed by atoms with Crippen LogP contribution in [0.3, 0.4) is 0 Å². The van der Waals surface area contributed by atoms with E-state index >= 15 is 0 Å². The molecule has 4 nitrogen and oxygen atoms in total. The van der Waals surface area contributed by atoms with Gasteiger partial charge < -0.3 is 5.32 Å². The third-order valence-electron chi connectivity index (χ3n) is 2.82. The Bertz CT molecular complexity index is 467. The summed E-state index contributed by atoms with van der Waals surface area (Å²) in [6.45, 7) is 0. The molecule has 1 aromatic rings. The van der Waals surface area contributed by atoms with Crippen LogP contribution in [0.2, 0.25) is 0 Å². The number of rotatable bonds is 3. The zero-order valence-corrected chi connectivity index (χ0v) is 11.9. The number of benzene rings is 1. The molecule has 1 N–H and O–H groups in total. The zero-order valence-electron chi connectivity index (χ0n) is 9.49. The molecule has 98 valence electrons. The van der Waals surface area contributed by atoms with Crippen LogP contribution >= 0.6 is 27.7 Å². The van der Waals surface area contributed by atoms with Crippen molar-refractivity contribution >= 4 is 39.1 Å². The highest BCUT2D eigenvalue weighted by Crippen LogP contribution is 2.32. The first-order valence-electron chi connectivity index (χ1n) is 5.55. The minimum Gasteiger partial charge on any atom is -0.377 e. The molecule has 0 bridgehead atoms. The topological polar surface area (TPSA) is 55.2 Å². The van der Waals surface area contributed by atoms with Crippen LogP contribution in [0.15, 0.2) is 16.6 Å². The predicted octanol–water partition coefficient (Wildman–Crippen LogP) is 3.80. The summed E-state index contributed by atoms with van der Waals surface area (Å²) in [6, 6.07) is 2.57. The smallest absolute Gasteiger partial charge is 0.293 e. The second kappa shape index (κ2) is 5.88. The van der Waals surface area contributed by atoms with Crippen molar-refractivity contribution in [3.8, 4) is 0 Å². The summed E-state index contributed by atoms with van der Waals surface area (Å²) in [5.41, 5.74) is 0.166. The molecule has 0 atom stereocenters.